The Bertz CT molecular complexity index is 784. The Balaban J connectivity index is 2.14. The molecule has 0 bridgehead atoms. The molecule has 0 saturated carbocycles. The number of anilines is 1. The summed E-state index contributed by atoms with van der Waals surface area (Å²) in [6.45, 7) is 4.19. The van der Waals surface area contributed by atoms with Crippen molar-refractivity contribution < 1.29 is 14.5 Å². The minimum atomic E-state index is -0.497. The number of nitrogens with one attached hydrogen (secondary N) is 1. The summed E-state index contributed by atoms with van der Waals surface area (Å²) >= 11 is 0. The Morgan fingerprint density at radius 2 is 2.04 bits per heavy atom. The van der Waals surface area contributed by atoms with Gasteiger partial charge in [-0.2, -0.15) is 0 Å². The fourth-order valence-electron chi connectivity index (χ4n) is 2.10. The Hall–Kier alpha value is -3.15. The lowest BCUT2D eigenvalue weighted by molar-refractivity contribution is -0.384. The molecule has 2 rings (SSSR count). The lowest BCUT2D eigenvalue weighted by atomic mass is 10.1. The number of aryl methyl sites for hydroxylation is 1. The Morgan fingerprint density at radius 3 is 2.75 bits per heavy atom. The SMILES string of the molecule is CCOc1ccccc1/C=C/C(=O)Nc1cc([N+](=O)[O-])ccc1C. The van der Waals surface area contributed by atoms with E-state index in [2.05, 4.69) is 5.32 Å². The predicted octanol–water partition coefficient (Wildman–Crippen LogP) is 3.95. The lowest BCUT2D eigenvalue weighted by Gasteiger charge is -2.07. The second kappa shape index (κ2) is 7.92. The zero-order valence-electron chi connectivity index (χ0n) is 13.5. The number of hydrogen-bond acceptors (Lipinski definition) is 4. The number of nitro groups is 1. The van der Waals surface area contributed by atoms with E-state index in [4.69, 9.17) is 4.74 Å². The van der Waals surface area contributed by atoms with Crippen molar-refractivity contribution >= 4 is 23.4 Å². The summed E-state index contributed by atoms with van der Waals surface area (Å²) in [5, 5.41) is 13.5. The summed E-state index contributed by atoms with van der Waals surface area (Å²) in [5.74, 6) is 0.320. The summed E-state index contributed by atoms with van der Waals surface area (Å²) in [4.78, 5) is 22.4. The number of ether oxygens (including phenoxy) is 1. The van der Waals surface area contributed by atoms with Crippen LogP contribution in [0.15, 0.2) is 48.5 Å². The number of benzene rings is 2. The van der Waals surface area contributed by atoms with Gasteiger partial charge in [-0.15, -0.1) is 0 Å². The number of hydrogen-bond donors (Lipinski definition) is 1. The van der Waals surface area contributed by atoms with Crippen molar-refractivity contribution in [1.29, 1.82) is 0 Å². The van der Waals surface area contributed by atoms with Gasteiger partial charge in [0, 0.05) is 23.8 Å². The van der Waals surface area contributed by atoms with Crippen LogP contribution in [0.2, 0.25) is 0 Å². The van der Waals surface area contributed by atoms with Crippen molar-refractivity contribution in [1.82, 2.24) is 0 Å². The largest absolute Gasteiger partial charge is 0.493 e. The maximum atomic E-state index is 12.1. The molecule has 0 aliphatic heterocycles. The Morgan fingerprint density at radius 1 is 1.29 bits per heavy atom. The van der Waals surface area contributed by atoms with Crippen molar-refractivity contribution in [2.75, 3.05) is 11.9 Å². The van der Waals surface area contributed by atoms with Crippen LogP contribution in [0.5, 0.6) is 5.75 Å². The lowest BCUT2D eigenvalue weighted by Crippen LogP contribution is -2.09. The van der Waals surface area contributed by atoms with Crippen LogP contribution in [0.25, 0.3) is 6.08 Å². The molecule has 0 fully saturated rings. The summed E-state index contributed by atoms with van der Waals surface area (Å²) in [6, 6.07) is 11.7. The second-order valence-corrected chi connectivity index (χ2v) is 5.05. The van der Waals surface area contributed by atoms with Crippen LogP contribution in [0.3, 0.4) is 0 Å². The molecule has 0 atom stereocenters. The average Bonchev–Trinajstić information content (AvgIpc) is 2.56. The van der Waals surface area contributed by atoms with Crippen molar-refractivity contribution in [3.8, 4) is 5.75 Å². The fraction of sp³-hybridized carbons (Fsp3) is 0.167. The molecule has 2 aromatic carbocycles. The molecular formula is C18H18N2O4. The third-order valence-corrected chi connectivity index (χ3v) is 3.32. The van der Waals surface area contributed by atoms with Crippen LogP contribution in [-0.2, 0) is 4.79 Å². The number of carbonyl (C=O) groups excluding carboxylic acids is 1. The molecule has 0 aliphatic rings. The van der Waals surface area contributed by atoms with Crippen LogP contribution in [0.1, 0.15) is 18.1 Å². The number of nitro benzene ring substituents is 1. The molecule has 6 heteroatoms. The highest BCUT2D eigenvalue weighted by molar-refractivity contribution is 6.02. The number of rotatable bonds is 6. The topological polar surface area (TPSA) is 81.5 Å². The van der Waals surface area contributed by atoms with Crippen molar-refractivity contribution in [2.24, 2.45) is 0 Å². The van der Waals surface area contributed by atoms with Crippen molar-refractivity contribution in [2.45, 2.75) is 13.8 Å². The molecule has 2 aromatic rings. The molecule has 0 aromatic heterocycles. The average molecular weight is 326 g/mol. The highest BCUT2D eigenvalue weighted by atomic mass is 16.6. The Labute approximate surface area is 139 Å². The van der Waals surface area contributed by atoms with Gasteiger partial charge < -0.3 is 10.1 Å². The molecule has 24 heavy (non-hydrogen) atoms. The predicted molar refractivity (Wildman–Crippen MR) is 93.1 cm³/mol. The summed E-state index contributed by atoms with van der Waals surface area (Å²) in [7, 11) is 0. The van der Waals surface area contributed by atoms with Gasteiger partial charge in [0.2, 0.25) is 5.91 Å². The van der Waals surface area contributed by atoms with E-state index in [1.807, 2.05) is 31.2 Å². The third kappa shape index (κ3) is 4.42. The van der Waals surface area contributed by atoms with E-state index in [0.717, 1.165) is 11.1 Å². The first-order valence-corrected chi connectivity index (χ1v) is 7.47. The first-order chi connectivity index (χ1) is 11.5. The van der Waals surface area contributed by atoms with E-state index in [9.17, 15) is 14.9 Å². The fourth-order valence-corrected chi connectivity index (χ4v) is 2.10. The van der Waals surface area contributed by atoms with Gasteiger partial charge in [-0.25, -0.2) is 0 Å². The van der Waals surface area contributed by atoms with E-state index >= 15 is 0 Å². The zero-order valence-corrected chi connectivity index (χ0v) is 13.5. The number of nitrogens with zero attached hydrogens (tertiary/aromatic N) is 1. The summed E-state index contributed by atoms with van der Waals surface area (Å²) in [6.07, 6.45) is 3.02. The minimum Gasteiger partial charge on any atom is -0.493 e. The molecule has 1 amide bonds. The Kier molecular flexibility index (Phi) is 5.68. The zero-order chi connectivity index (χ0) is 17.5. The quantitative estimate of drug-likeness (QED) is 0.495. The minimum absolute atomic E-state index is 0.0680. The van der Waals surface area contributed by atoms with E-state index < -0.39 is 4.92 Å². The van der Waals surface area contributed by atoms with Crippen LogP contribution >= 0.6 is 0 Å². The molecular weight excluding hydrogens is 308 g/mol. The van der Waals surface area contributed by atoms with Crippen LogP contribution in [0, 0.1) is 17.0 Å². The maximum absolute atomic E-state index is 12.1. The van der Waals surface area contributed by atoms with E-state index in [1.165, 1.54) is 18.2 Å². The standard InChI is InChI=1S/C18H18N2O4/c1-3-24-17-7-5-4-6-14(17)9-11-18(21)19-16-12-15(20(22)23)10-8-13(16)2/h4-12H,3H2,1-2H3,(H,19,21)/b11-9+. The normalized spacial score (nSPS) is 10.6. The van der Waals surface area contributed by atoms with Gasteiger partial charge >= 0.3 is 0 Å². The van der Waals surface area contributed by atoms with Gasteiger partial charge in [-0.3, -0.25) is 14.9 Å². The van der Waals surface area contributed by atoms with Gasteiger partial charge in [-0.05, 0) is 31.6 Å². The van der Waals surface area contributed by atoms with Crippen LogP contribution in [0.4, 0.5) is 11.4 Å². The molecule has 0 heterocycles. The highest BCUT2D eigenvalue weighted by Crippen LogP contribution is 2.22. The first kappa shape index (κ1) is 17.2. The first-order valence-electron chi connectivity index (χ1n) is 7.47. The molecule has 0 saturated heterocycles. The molecule has 124 valence electrons. The number of non-ortho nitro benzene ring substituents is 1. The number of carbonyl (C=O) groups is 1. The van der Waals surface area contributed by atoms with Crippen molar-refractivity contribution in [3.63, 3.8) is 0 Å². The second-order valence-electron chi connectivity index (χ2n) is 5.05. The van der Waals surface area contributed by atoms with Gasteiger partial charge in [-0.1, -0.05) is 24.3 Å². The van der Waals surface area contributed by atoms with Gasteiger partial charge in [0.25, 0.3) is 5.69 Å². The van der Waals surface area contributed by atoms with Gasteiger partial charge in [0.05, 0.1) is 17.2 Å². The smallest absolute Gasteiger partial charge is 0.271 e. The summed E-state index contributed by atoms with van der Waals surface area (Å²) in [5.41, 5.74) is 1.88. The number of amides is 1. The van der Waals surface area contributed by atoms with E-state index in [1.54, 1.807) is 19.1 Å². The van der Waals surface area contributed by atoms with Crippen LogP contribution in [-0.4, -0.2) is 17.4 Å². The molecule has 0 unspecified atom stereocenters. The van der Waals surface area contributed by atoms with Gasteiger partial charge in [0.15, 0.2) is 0 Å². The molecule has 0 aliphatic carbocycles. The van der Waals surface area contributed by atoms with E-state index in [0.29, 0.717) is 18.0 Å². The number of para-hydroxylation sites is 1. The molecule has 1 N–H and O–H groups in total. The molecule has 0 radical (unpaired) electrons. The summed E-state index contributed by atoms with van der Waals surface area (Å²) < 4.78 is 5.49. The van der Waals surface area contributed by atoms with Crippen molar-refractivity contribution in [3.05, 3.63) is 69.8 Å². The molecule has 6 nitrogen and oxygen atoms in total. The monoisotopic (exact) mass is 326 g/mol. The van der Waals surface area contributed by atoms with E-state index in [-0.39, 0.29) is 11.6 Å². The highest BCUT2D eigenvalue weighted by Gasteiger charge is 2.10. The maximum Gasteiger partial charge on any atom is 0.271 e. The third-order valence-electron chi connectivity index (χ3n) is 3.32. The molecule has 0 spiro atoms. The van der Waals surface area contributed by atoms with Gasteiger partial charge in [0.1, 0.15) is 5.75 Å². The van der Waals surface area contributed by atoms with Crippen LogP contribution < -0.4 is 10.1 Å².